The number of hydrogen-bond donors (Lipinski definition) is 1. The molecule has 0 radical (unpaired) electrons. The van der Waals surface area contributed by atoms with Gasteiger partial charge in [0.15, 0.2) is 0 Å². The number of benzene rings is 1. The van der Waals surface area contributed by atoms with E-state index in [1.165, 1.54) is 16.7 Å². The molecule has 0 bridgehead atoms. The smallest absolute Gasteiger partial charge is 0.250 e. The highest BCUT2D eigenvalue weighted by atomic mass is 28.4. The number of hydrogen-bond acceptors (Lipinski definition) is 2. The average molecular weight is 265 g/mol. The minimum Gasteiger partial charge on any atom is -0.543 e. The second-order valence-electron chi connectivity index (χ2n) is 6.60. The molecule has 1 aromatic carbocycles. The Bertz CT molecular complexity index is 410. The van der Waals surface area contributed by atoms with Gasteiger partial charge in [-0.05, 0) is 60.8 Å². The highest BCUT2D eigenvalue weighted by Gasteiger charge is 2.39. The zero-order valence-electron chi connectivity index (χ0n) is 12.8. The van der Waals surface area contributed by atoms with Crippen LogP contribution < -0.4 is 10.2 Å². The molecular weight excluding hydrogens is 238 g/mol. The molecule has 0 unspecified atom stereocenters. The molecule has 0 aliphatic heterocycles. The average Bonchev–Trinajstić information content (AvgIpc) is 2.14. The zero-order chi connectivity index (χ0) is 14.1. The zero-order valence-corrected chi connectivity index (χ0v) is 13.8. The van der Waals surface area contributed by atoms with Crippen molar-refractivity contribution in [1.29, 1.82) is 0 Å². The van der Waals surface area contributed by atoms with Gasteiger partial charge in [-0.2, -0.15) is 0 Å². The molecular formula is C15H27NOSi. The van der Waals surface area contributed by atoms with Gasteiger partial charge in [-0.1, -0.05) is 20.8 Å². The molecule has 0 amide bonds. The van der Waals surface area contributed by atoms with Crippen LogP contribution >= 0.6 is 0 Å². The Labute approximate surface area is 113 Å². The van der Waals surface area contributed by atoms with Crippen LogP contribution in [-0.4, -0.2) is 8.32 Å². The van der Waals surface area contributed by atoms with Gasteiger partial charge in [0.2, 0.25) is 8.32 Å². The summed E-state index contributed by atoms with van der Waals surface area (Å²) in [5.74, 6) is 0.994. The van der Waals surface area contributed by atoms with Crippen molar-refractivity contribution in [1.82, 2.24) is 0 Å². The van der Waals surface area contributed by atoms with E-state index >= 15 is 0 Å². The number of aryl methyl sites for hydroxylation is 2. The second kappa shape index (κ2) is 5.06. The third-order valence-corrected chi connectivity index (χ3v) is 8.41. The molecule has 18 heavy (non-hydrogen) atoms. The van der Waals surface area contributed by atoms with Crippen molar-refractivity contribution in [2.75, 3.05) is 0 Å². The van der Waals surface area contributed by atoms with E-state index in [-0.39, 0.29) is 5.04 Å². The lowest BCUT2D eigenvalue weighted by Gasteiger charge is -2.36. The second-order valence-corrected chi connectivity index (χ2v) is 11.3. The standard InChI is InChI=1S/C15H27NOSi/c1-11-8-13(9-12(2)14(11)10-16)17-18(6,7)15(3,4)5/h8-9H,10,16H2,1-7H3. The summed E-state index contributed by atoms with van der Waals surface area (Å²) in [6.07, 6.45) is 0. The van der Waals surface area contributed by atoms with Crippen molar-refractivity contribution in [2.24, 2.45) is 5.73 Å². The Hall–Kier alpha value is -0.803. The predicted molar refractivity (Wildman–Crippen MR) is 81.6 cm³/mol. The van der Waals surface area contributed by atoms with Crippen molar-refractivity contribution >= 4 is 8.32 Å². The van der Waals surface area contributed by atoms with Gasteiger partial charge in [-0.15, -0.1) is 0 Å². The lowest BCUT2D eigenvalue weighted by atomic mass is 10.0. The molecule has 1 aromatic rings. The molecule has 2 nitrogen and oxygen atoms in total. The summed E-state index contributed by atoms with van der Waals surface area (Å²) in [6.45, 7) is 16.1. The van der Waals surface area contributed by atoms with Gasteiger partial charge in [-0.3, -0.25) is 0 Å². The van der Waals surface area contributed by atoms with E-state index in [2.05, 4.69) is 59.8 Å². The van der Waals surface area contributed by atoms with E-state index in [1.54, 1.807) is 0 Å². The third kappa shape index (κ3) is 3.15. The summed E-state index contributed by atoms with van der Waals surface area (Å²) < 4.78 is 6.33. The molecule has 1 rings (SSSR count). The highest BCUT2D eigenvalue weighted by molar-refractivity contribution is 6.74. The minimum atomic E-state index is -1.75. The number of rotatable bonds is 3. The van der Waals surface area contributed by atoms with Crippen LogP contribution in [0.2, 0.25) is 18.1 Å². The van der Waals surface area contributed by atoms with Gasteiger partial charge >= 0.3 is 0 Å². The van der Waals surface area contributed by atoms with E-state index in [1.807, 2.05) is 0 Å². The topological polar surface area (TPSA) is 35.2 Å². The molecule has 0 saturated carbocycles. The predicted octanol–water partition coefficient (Wildman–Crippen LogP) is 4.15. The molecule has 3 heteroatoms. The fraction of sp³-hybridized carbons (Fsp3) is 0.600. The third-order valence-electron chi connectivity index (χ3n) is 4.05. The molecule has 0 fully saturated rings. The SMILES string of the molecule is Cc1cc(O[Si](C)(C)C(C)(C)C)cc(C)c1CN. The van der Waals surface area contributed by atoms with Crippen molar-refractivity contribution in [2.45, 2.75) is 59.3 Å². The van der Waals surface area contributed by atoms with Crippen molar-refractivity contribution in [3.8, 4) is 5.75 Å². The molecule has 0 heterocycles. The summed E-state index contributed by atoms with van der Waals surface area (Å²) in [5, 5.41) is 0.224. The fourth-order valence-electron chi connectivity index (χ4n) is 1.78. The molecule has 0 spiro atoms. The summed E-state index contributed by atoms with van der Waals surface area (Å²) in [5.41, 5.74) is 9.46. The van der Waals surface area contributed by atoms with E-state index < -0.39 is 8.32 Å². The lowest BCUT2D eigenvalue weighted by Crippen LogP contribution is -2.43. The quantitative estimate of drug-likeness (QED) is 0.833. The van der Waals surface area contributed by atoms with E-state index in [0.29, 0.717) is 6.54 Å². The number of nitrogens with two attached hydrogens (primary N) is 1. The fourth-order valence-corrected chi connectivity index (χ4v) is 2.80. The van der Waals surface area contributed by atoms with Gasteiger partial charge in [0.25, 0.3) is 0 Å². The summed E-state index contributed by atoms with van der Waals surface area (Å²) in [6, 6.07) is 4.24. The Balaban J connectivity index is 3.07. The van der Waals surface area contributed by atoms with Crippen molar-refractivity contribution < 1.29 is 4.43 Å². The summed E-state index contributed by atoms with van der Waals surface area (Å²) in [4.78, 5) is 0. The molecule has 0 aliphatic carbocycles. The monoisotopic (exact) mass is 265 g/mol. The molecule has 0 atom stereocenters. The van der Waals surface area contributed by atoms with Crippen LogP contribution in [0.4, 0.5) is 0 Å². The van der Waals surface area contributed by atoms with Crippen molar-refractivity contribution in [3.05, 3.63) is 28.8 Å². The first kappa shape index (κ1) is 15.3. The van der Waals surface area contributed by atoms with E-state index in [9.17, 15) is 0 Å². The highest BCUT2D eigenvalue weighted by Crippen LogP contribution is 2.38. The van der Waals surface area contributed by atoms with E-state index in [4.69, 9.17) is 10.2 Å². The van der Waals surface area contributed by atoms with Crippen LogP contribution in [0, 0.1) is 13.8 Å². The largest absolute Gasteiger partial charge is 0.543 e. The van der Waals surface area contributed by atoms with Crippen LogP contribution in [0.5, 0.6) is 5.75 Å². The molecule has 0 saturated heterocycles. The summed E-state index contributed by atoms with van der Waals surface area (Å²) in [7, 11) is -1.75. The Morgan fingerprint density at radius 2 is 1.56 bits per heavy atom. The van der Waals surface area contributed by atoms with Crippen LogP contribution in [-0.2, 0) is 6.54 Å². The maximum Gasteiger partial charge on any atom is 0.250 e. The van der Waals surface area contributed by atoms with Crippen LogP contribution in [0.25, 0.3) is 0 Å². The normalized spacial score (nSPS) is 12.7. The first-order valence-corrected chi connectivity index (χ1v) is 9.48. The van der Waals surface area contributed by atoms with Gasteiger partial charge in [0.05, 0.1) is 0 Å². The summed E-state index contributed by atoms with van der Waals surface area (Å²) >= 11 is 0. The van der Waals surface area contributed by atoms with Crippen LogP contribution in [0.3, 0.4) is 0 Å². The Morgan fingerprint density at radius 3 is 1.89 bits per heavy atom. The Kier molecular flexibility index (Phi) is 4.29. The molecule has 2 N–H and O–H groups in total. The lowest BCUT2D eigenvalue weighted by molar-refractivity contribution is 0.491. The maximum atomic E-state index is 6.33. The molecule has 0 aliphatic rings. The first-order chi connectivity index (χ1) is 8.08. The van der Waals surface area contributed by atoms with Crippen molar-refractivity contribution in [3.63, 3.8) is 0 Å². The van der Waals surface area contributed by atoms with E-state index in [0.717, 1.165) is 5.75 Å². The maximum absolute atomic E-state index is 6.33. The van der Waals surface area contributed by atoms with Crippen LogP contribution in [0.15, 0.2) is 12.1 Å². The minimum absolute atomic E-state index is 0.224. The van der Waals surface area contributed by atoms with Crippen LogP contribution in [0.1, 0.15) is 37.5 Å². The molecule has 0 aromatic heterocycles. The van der Waals surface area contributed by atoms with Gasteiger partial charge in [0, 0.05) is 6.54 Å². The first-order valence-electron chi connectivity index (χ1n) is 6.57. The molecule has 102 valence electrons. The Morgan fingerprint density at radius 1 is 1.11 bits per heavy atom. The van der Waals surface area contributed by atoms with Gasteiger partial charge in [-0.25, -0.2) is 0 Å². The van der Waals surface area contributed by atoms with Gasteiger partial charge in [0.1, 0.15) is 5.75 Å². The van der Waals surface area contributed by atoms with Gasteiger partial charge < -0.3 is 10.2 Å².